The highest BCUT2D eigenvalue weighted by molar-refractivity contribution is 6.23. The van der Waals surface area contributed by atoms with E-state index in [1.807, 2.05) is 18.2 Å². The fourth-order valence-corrected chi connectivity index (χ4v) is 4.02. The molecular formula is C28H44O3. The van der Waals surface area contributed by atoms with Crippen molar-refractivity contribution < 1.29 is 14.7 Å². The van der Waals surface area contributed by atoms with Gasteiger partial charge in [0.25, 0.3) is 0 Å². The number of unbranched alkanes of at least 4 members (excludes halogenated alkanes) is 15. The van der Waals surface area contributed by atoms with E-state index in [9.17, 15) is 9.59 Å². The summed E-state index contributed by atoms with van der Waals surface area (Å²) < 4.78 is 0. The lowest BCUT2D eigenvalue weighted by atomic mass is 9.99. The van der Waals surface area contributed by atoms with E-state index in [2.05, 4.69) is 13.5 Å². The molecule has 0 aliphatic carbocycles. The summed E-state index contributed by atoms with van der Waals surface area (Å²) in [6.45, 7) is 5.63. The molecule has 1 N–H and O–H groups in total. The van der Waals surface area contributed by atoms with Crippen molar-refractivity contribution in [3.63, 3.8) is 0 Å². The number of aryl methyl sites for hydroxylation is 1. The number of carbonyl (C=O) groups excluding carboxylic acids is 1. The zero-order chi connectivity index (χ0) is 22.7. The first-order chi connectivity index (χ1) is 15.1. The maximum absolute atomic E-state index is 12.1. The highest BCUT2D eigenvalue weighted by Gasteiger charge is 2.16. The molecule has 0 heterocycles. The first-order valence-corrected chi connectivity index (χ1v) is 12.6. The number of rotatable bonds is 20. The van der Waals surface area contributed by atoms with Gasteiger partial charge in [0, 0.05) is 5.56 Å². The van der Waals surface area contributed by atoms with E-state index in [4.69, 9.17) is 5.11 Å². The van der Waals surface area contributed by atoms with Crippen LogP contribution in [0.5, 0.6) is 0 Å². The fraction of sp³-hybridized carbons (Fsp3) is 0.643. The number of Topliss-reactive ketones (excluding diaryl/α,β-unsaturated/α-hetero) is 1. The Morgan fingerprint density at radius 1 is 0.742 bits per heavy atom. The molecule has 0 bridgehead atoms. The van der Waals surface area contributed by atoms with Crippen molar-refractivity contribution in [3.8, 4) is 0 Å². The summed E-state index contributed by atoms with van der Waals surface area (Å²) in [4.78, 5) is 23.0. The average molecular weight is 429 g/mol. The number of ketones is 1. The van der Waals surface area contributed by atoms with Crippen molar-refractivity contribution in [1.29, 1.82) is 0 Å². The van der Waals surface area contributed by atoms with Gasteiger partial charge >= 0.3 is 5.97 Å². The number of carboxylic acids is 1. The van der Waals surface area contributed by atoms with Gasteiger partial charge in [-0.2, -0.15) is 0 Å². The molecular weight excluding hydrogens is 384 g/mol. The lowest BCUT2D eigenvalue weighted by Gasteiger charge is -2.06. The second-order valence-corrected chi connectivity index (χ2v) is 8.87. The van der Waals surface area contributed by atoms with Crippen LogP contribution in [0.25, 0.3) is 0 Å². The Morgan fingerprint density at radius 3 is 1.65 bits per heavy atom. The Kier molecular flexibility index (Phi) is 15.5. The first-order valence-electron chi connectivity index (χ1n) is 12.6. The molecule has 0 fully saturated rings. The van der Waals surface area contributed by atoms with Gasteiger partial charge in [-0.1, -0.05) is 128 Å². The number of benzene rings is 1. The van der Waals surface area contributed by atoms with Crippen LogP contribution in [0.4, 0.5) is 0 Å². The van der Waals surface area contributed by atoms with Gasteiger partial charge in [0.15, 0.2) is 5.78 Å². The molecule has 3 nitrogen and oxygen atoms in total. The van der Waals surface area contributed by atoms with Crippen LogP contribution in [0, 0.1) is 0 Å². The van der Waals surface area contributed by atoms with Crippen LogP contribution in [0.15, 0.2) is 36.4 Å². The molecule has 0 aliphatic heterocycles. The van der Waals surface area contributed by atoms with Crippen molar-refractivity contribution in [1.82, 2.24) is 0 Å². The number of aliphatic carboxylic acids is 1. The van der Waals surface area contributed by atoms with E-state index in [0.29, 0.717) is 5.56 Å². The quantitative estimate of drug-likeness (QED) is 0.0746. The normalized spacial score (nSPS) is 10.9. The second kappa shape index (κ2) is 17.7. The van der Waals surface area contributed by atoms with Crippen molar-refractivity contribution in [2.24, 2.45) is 0 Å². The number of hydrogen-bond acceptors (Lipinski definition) is 2. The monoisotopic (exact) mass is 428 g/mol. The van der Waals surface area contributed by atoms with Crippen molar-refractivity contribution in [3.05, 3.63) is 47.5 Å². The highest BCUT2D eigenvalue weighted by atomic mass is 16.4. The molecule has 174 valence electrons. The van der Waals surface area contributed by atoms with E-state index < -0.39 is 11.8 Å². The third-order valence-corrected chi connectivity index (χ3v) is 6.04. The molecule has 0 saturated carbocycles. The van der Waals surface area contributed by atoms with Crippen LogP contribution >= 0.6 is 0 Å². The SMILES string of the molecule is C=C(C(=O)O)C(=O)c1cccc(CCCCCCCCCCCCCCCCCC)c1. The predicted molar refractivity (Wildman–Crippen MR) is 131 cm³/mol. The van der Waals surface area contributed by atoms with Gasteiger partial charge in [-0.25, -0.2) is 4.79 Å². The van der Waals surface area contributed by atoms with Crippen LogP contribution in [0.1, 0.15) is 126 Å². The molecule has 0 aliphatic rings. The Hall–Kier alpha value is -1.90. The van der Waals surface area contributed by atoms with Crippen LogP contribution < -0.4 is 0 Å². The highest BCUT2D eigenvalue weighted by Crippen LogP contribution is 2.16. The molecule has 0 atom stereocenters. The number of carboxylic acid groups (broad SMARTS) is 1. The minimum absolute atomic E-state index is 0.375. The summed E-state index contributed by atoms with van der Waals surface area (Å²) in [5.41, 5.74) is 1.13. The van der Waals surface area contributed by atoms with Crippen LogP contribution in [-0.4, -0.2) is 16.9 Å². The third kappa shape index (κ3) is 13.2. The molecule has 0 spiro atoms. The zero-order valence-electron chi connectivity index (χ0n) is 19.8. The lowest BCUT2D eigenvalue weighted by Crippen LogP contribution is -2.11. The third-order valence-electron chi connectivity index (χ3n) is 6.04. The van der Waals surface area contributed by atoms with Gasteiger partial charge in [-0.05, 0) is 24.5 Å². The van der Waals surface area contributed by atoms with Gasteiger partial charge in [-0.15, -0.1) is 0 Å². The van der Waals surface area contributed by atoms with E-state index in [-0.39, 0.29) is 5.57 Å². The smallest absolute Gasteiger partial charge is 0.339 e. The fourth-order valence-electron chi connectivity index (χ4n) is 4.02. The van der Waals surface area contributed by atoms with E-state index >= 15 is 0 Å². The van der Waals surface area contributed by atoms with E-state index in [0.717, 1.165) is 18.4 Å². The Morgan fingerprint density at radius 2 is 1.19 bits per heavy atom. The zero-order valence-corrected chi connectivity index (χ0v) is 19.8. The summed E-state index contributed by atoms with van der Waals surface area (Å²) in [5, 5.41) is 8.92. The largest absolute Gasteiger partial charge is 0.478 e. The van der Waals surface area contributed by atoms with Crippen LogP contribution in [-0.2, 0) is 11.2 Å². The van der Waals surface area contributed by atoms with Crippen LogP contribution in [0.3, 0.4) is 0 Å². The molecule has 31 heavy (non-hydrogen) atoms. The molecule has 0 radical (unpaired) electrons. The molecule has 0 amide bonds. The lowest BCUT2D eigenvalue weighted by molar-refractivity contribution is -0.132. The summed E-state index contributed by atoms with van der Waals surface area (Å²) >= 11 is 0. The van der Waals surface area contributed by atoms with Gasteiger partial charge < -0.3 is 5.11 Å². The molecule has 0 saturated heterocycles. The average Bonchev–Trinajstić information content (AvgIpc) is 2.78. The van der Waals surface area contributed by atoms with Gasteiger partial charge in [0.1, 0.15) is 5.57 Å². The standard InChI is InChI=1S/C28H44O3/c1-3-4-5-6-7-8-9-10-11-12-13-14-15-16-17-18-20-25-21-19-22-26(23-25)27(29)24(2)28(30)31/h19,21-23H,2-18,20H2,1H3,(H,30,31). The molecule has 1 rings (SSSR count). The Bertz CT molecular complexity index is 647. The maximum Gasteiger partial charge on any atom is 0.339 e. The summed E-state index contributed by atoms with van der Waals surface area (Å²) in [5.74, 6) is -1.76. The number of hydrogen-bond donors (Lipinski definition) is 1. The number of carbonyl (C=O) groups is 2. The van der Waals surface area contributed by atoms with Crippen molar-refractivity contribution in [2.45, 2.75) is 116 Å². The van der Waals surface area contributed by atoms with E-state index in [1.54, 1.807) is 6.07 Å². The maximum atomic E-state index is 12.1. The molecule has 1 aromatic rings. The first kappa shape index (κ1) is 27.1. The van der Waals surface area contributed by atoms with Crippen molar-refractivity contribution in [2.75, 3.05) is 0 Å². The van der Waals surface area contributed by atoms with E-state index in [1.165, 1.54) is 96.3 Å². The predicted octanol–water partition coefficient (Wildman–Crippen LogP) is 8.31. The molecule has 3 heteroatoms. The van der Waals surface area contributed by atoms with Gasteiger partial charge in [-0.3, -0.25) is 4.79 Å². The van der Waals surface area contributed by atoms with Gasteiger partial charge in [0.05, 0.1) is 0 Å². The Balaban J connectivity index is 1.99. The minimum atomic E-state index is -1.26. The summed E-state index contributed by atoms with van der Waals surface area (Å²) in [7, 11) is 0. The molecule has 0 unspecified atom stereocenters. The van der Waals surface area contributed by atoms with Crippen LogP contribution in [0.2, 0.25) is 0 Å². The summed E-state index contributed by atoms with van der Waals surface area (Å²) in [6.07, 6.45) is 22.6. The molecule has 0 aromatic heterocycles. The van der Waals surface area contributed by atoms with Crippen molar-refractivity contribution >= 4 is 11.8 Å². The minimum Gasteiger partial charge on any atom is -0.478 e. The topological polar surface area (TPSA) is 54.4 Å². The second-order valence-electron chi connectivity index (χ2n) is 8.87. The summed E-state index contributed by atoms with van der Waals surface area (Å²) in [6, 6.07) is 7.30. The van der Waals surface area contributed by atoms with Gasteiger partial charge in [0.2, 0.25) is 0 Å². The Labute approximate surface area is 190 Å². The molecule has 1 aromatic carbocycles.